The number of carbonyl (C=O) groups excluding carboxylic acids is 1. The van der Waals surface area contributed by atoms with Gasteiger partial charge in [0, 0.05) is 12.1 Å². The molecule has 0 saturated carbocycles. The largest absolute Gasteiger partial charge is 0.481 e. The van der Waals surface area contributed by atoms with Crippen LogP contribution in [0.2, 0.25) is 0 Å². The highest BCUT2D eigenvalue weighted by atomic mass is 16.4. The van der Waals surface area contributed by atoms with Crippen LogP contribution < -0.4 is 5.32 Å². The van der Waals surface area contributed by atoms with Crippen LogP contribution in [0.15, 0.2) is 24.3 Å². The van der Waals surface area contributed by atoms with Gasteiger partial charge in [0.05, 0.1) is 6.42 Å². The molecule has 4 heteroatoms. The smallest absolute Gasteiger partial charge is 0.307 e. The Morgan fingerprint density at radius 1 is 1.10 bits per heavy atom. The normalized spacial score (nSPS) is 10.2. The molecule has 2 N–H and O–H groups in total. The number of carboxylic acids is 1. The summed E-state index contributed by atoms with van der Waals surface area (Å²) in [4.78, 5) is 22.6. The molecule has 0 saturated heterocycles. The zero-order valence-electron chi connectivity index (χ0n) is 12.0. The first kappa shape index (κ1) is 16.2. The lowest BCUT2D eigenvalue weighted by Crippen LogP contribution is -2.13. The molecule has 20 heavy (non-hydrogen) atoms. The average molecular weight is 277 g/mol. The Morgan fingerprint density at radius 3 is 2.50 bits per heavy atom. The number of para-hydroxylation sites is 1. The average Bonchev–Trinajstić information content (AvgIpc) is 2.40. The molecule has 1 amide bonds. The molecule has 0 aliphatic carbocycles. The van der Waals surface area contributed by atoms with E-state index in [9.17, 15) is 9.59 Å². The summed E-state index contributed by atoms with van der Waals surface area (Å²) in [5.41, 5.74) is 1.24. The van der Waals surface area contributed by atoms with E-state index in [1.54, 1.807) is 24.3 Å². The number of anilines is 1. The molecule has 0 bridgehead atoms. The fraction of sp³-hybridized carbons (Fsp3) is 0.500. The summed E-state index contributed by atoms with van der Waals surface area (Å²) in [6, 6.07) is 7.04. The van der Waals surface area contributed by atoms with E-state index in [4.69, 9.17) is 5.11 Å². The van der Waals surface area contributed by atoms with Gasteiger partial charge in [-0.1, -0.05) is 50.8 Å². The molecule has 0 fully saturated rings. The van der Waals surface area contributed by atoms with Crippen molar-refractivity contribution in [1.82, 2.24) is 0 Å². The van der Waals surface area contributed by atoms with E-state index in [2.05, 4.69) is 12.2 Å². The molecule has 0 spiro atoms. The second-order valence-corrected chi connectivity index (χ2v) is 4.94. The third kappa shape index (κ3) is 6.36. The van der Waals surface area contributed by atoms with E-state index in [1.807, 2.05) is 0 Å². The van der Waals surface area contributed by atoms with Gasteiger partial charge in [-0.3, -0.25) is 9.59 Å². The molecule has 0 radical (unpaired) electrons. The fourth-order valence-corrected chi connectivity index (χ4v) is 2.06. The van der Waals surface area contributed by atoms with E-state index in [1.165, 1.54) is 19.3 Å². The predicted molar refractivity (Wildman–Crippen MR) is 79.8 cm³/mol. The Hall–Kier alpha value is -1.84. The number of rotatable bonds is 9. The Labute approximate surface area is 120 Å². The molecule has 0 aliphatic rings. The minimum Gasteiger partial charge on any atom is -0.481 e. The standard InChI is InChI=1S/C16H23NO3/c1-2-3-4-5-6-11-15(18)17-14-10-8-7-9-13(14)12-16(19)20/h7-10H,2-6,11-12H2,1H3,(H,17,18)(H,19,20). The van der Waals surface area contributed by atoms with Crippen LogP contribution in [0.3, 0.4) is 0 Å². The topological polar surface area (TPSA) is 66.4 Å². The van der Waals surface area contributed by atoms with Crippen LogP contribution in [0.25, 0.3) is 0 Å². The number of benzene rings is 1. The maximum Gasteiger partial charge on any atom is 0.307 e. The van der Waals surface area contributed by atoms with Crippen molar-refractivity contribution in [3.8, 4) is 0 Å². The van der Waals surface area contributed by atoms with Gasteiger partial charge in [-0.2, -0.15) is 0 Å². The van der Waals surface area contributed by atoms with Crippen molar-refractivity contribution in [3.05, 3.63) is 29.8 Å². The molecule has 0 unspecified atom stereocenters. The van der Waals surface area contributed by atoms with Crippen molar-refractivity contribution < 1.29 is 14.7 Å². The minimum atomic E-state index is -0.897. The number of aliphatic carboxylic acids is 1. The van der Waals surface area contributed by atoms with E-state index in [-0.39, 0.29) is 12.3 Å². The Bertz CT molecular complexity index is 443. The third-order valence-corrected chi connectivity index (χ3v) is 3.14. The van der Waals surface area contributed by atoms with E-state index >= 15 is 0 Å². The number of carboxylic acid groups (broad SMARTS) is 1. The SMILES string of the molecule is CCCCCCCC(=O)Nc1ccccc1CC(=O)O. The third-order valence-electron chi connectivity index (χ3n) is 3.14. The number of carbonyl (C=O) groups is 2. The summed E-state index contributed by atoms with van der Waals surface area (Å²) in [6.07, 6.45) is 5.93. The van der Waals surface area contributed by atoms with Gasteiger partial charge in [-0.05, 0) is 18.1 Å². The van der Waals surface area contributed by atoms with Crippen LogP contribution in [-0.4, -0.2) is 17.0 Å². The summed E-state index contributed by atoms with van der Waals surface area (Å²) >= 11 is 0. The van der Waals surface area contributed by atoms with Crippen LogP contribution in [0.5, 0.6) is 0 Å². The van der Waals surface area contributed by atoms with Crippen LogP contribution in [0.1, 0.15) is 51.0 Å². The van der Waals surface area contributed by atoms with Gasteiger partial charge in [0.2, 0.25) is 5.91 Å². The van der Waals surface area contributed by atoms with Gasteiger partial charge in [0.25, 0.3) is 0 Å². The minimum absolute atomic E-state index is 0.0423. The van der Waals surface area contributed by atoms with Crippen molar-refractivity contribution in [2.24, 2.45) is 0 Å². The maximum absolute atomic E-state index is 11.8. The van der Waals surface area contributed by atoms with Crippen LogP contribution in [-0.2, 0) is 16.0 Å². The zero-order valence-corrected chi connectivity index (χ0v) is 12.0. The van der Waals surface area contributed by atoms with Gasteiger partial charge < -0.3 is 10.4 Å². The molecule has 1 rings (SSSR count). The maximum atomic E-state index is 11.8. The second-order valence-electron chi connectivity index (χ2n) is 4.94. The van der Waals surface area contributed by atoms with Crippen molar-refractivity contribution in [1.29, 1.82) is 0 Å². The van der Waals surface area contributed by atoms with Gasteiger partial charge in [-0.15, -0.1) is 0 Å². The monoisotopic (exact) mass is 277 g/mol. The van der Waals surface area contributed by atoms with E-state index in [0.29, 0.717) is 17.7 Å². The Kier molecular flexibility index (Phi) is 7.40. The summed E-state index contributed by atoms with van der Waals surface area (Å²) in [7, 11) is 0. The second kappa shape index (κ2) is 9.13. The molecular formula is C16H23NO3. The van der Waals surface area contributed by atoms with Gasteiger partial charge in [-0.25, -0.2) is 0 Å². The van der Waals surface area contributed by atoms with E-state index in [0.717, 1.165) is 12.8 Å². The van der Waals surface area contributed by atoms with Crippen molar-refractivity contribution in [2.75, 3.05) is 5.32 Å². The molecule has 1 aromatic rings. The molecular weight excluding hydrogens is 254 g/mol. The Balaban J connectivity index is 2.43. The first-order valence-electron chi connectivity index (χ1n) is 7.23. The molecule has 0 atom stereocenters. The number of unbranched alkanes of at least 4 members (excludes halogenated alkanes) is 4. The summed E-state index contributed by atoms with van der Waals surface area (Å²) in [5, 5.41) is 11.6. The molecule has 1 aromatic carbocycles. The highest BCUT2D eigenvalue weighted by molar-refractivity contribution is 5.92. The van der Waals surface area contributed by atoms with Gasteiger partial charge >= 0.3 is 5.97 Å². The molecule has 0 heterocycles. The zero-order chi connectivity index (χ0) is 14.8. The van der Waals surface area contributed by atoms with Crippen LogP contribution >= 0.6 is 0 Å². The first-order valence-corrected chi connectivity index (χ1v) is 7.23. The summed E-state index contributed by atoms with van der Waals surface area (Å²) in [6.45, 7) is 2.16. The number of hydrogen-bond donors (Lipinski definition) is 2. The highest BCUT2D eigenvalue weighted by Crippen LogP contribution is 2.16. The lowest BCUT2D eigenvalue weighted by Gasteiger charge is -2.09. The van der Waals surface area contributed by atoms with Crippen LogP contribution in [0, 0.1) is 0 Å². The number of nitrogens with one attached hydrogen (secondary N) is 1. The van der Waals surface area contributed by atoms with Crippen molar-refractivity contribution in [2.45, 2.75) is 51.9 Å². The summed E-state index contributed by atoms with van der Waals surface area (Å²) in [5.74, 6) is -0.939. The molecule has 0 aliphatic heterocycles. The number of amides is 1. The van der Waals surface area contributed by atoms with Crippen molar-refractivity contribution in [3.63, 3.8) is 0 Å². The van der Waals surface area contributed by atoms with E-state index < -0.39 is 5.97 Å². The molecule has 4 nitrogen and oxygen atoms in total. The molecule has 0 aromatic heterocycles. The van der Waals surface area contributed by atoms with Crippen LogP contribution in [0.4, 0.5) is 5.69 Å². The Morgan fingerprint density at radius 2 is 1.80 bits per heavy atom. The fourth-order valence-electron chi connectivity index (χ4n) is 2.06. The molecule has 110 valence electrons. The highest BCUT2D eigenvalue weighted by Gasteiger charge is 2.09. The summed E-state index contributed by atoms with van der Waals surface area (Å²) < 4.78 is 0. The predicted octanol–water partition coefficient (Wildman–Crippen LogP) is 3.61. The van der Waals surface area contributed by atoms with Gasteiger partial charge in [0.15, 0.2) is 0 Å². The number of hydrogen-bond acceptors (Lipinski definition) is 2. The van der Waals surface area contributed by atoms with Crippen molar-refractivity contribution >= 4 is 17.6 Å². The lowest BCUT2D eigenvalue weighted by molar-refractivity contribution is -0.136. The lowest BCUT2D eigenvalue weighted by atomic mass is 10.1. The van der Waals surface area contributed by atoms with Gasteiger partial charge in [0.1, 0.15) is 0 Å². The quantitative estimate of drug-likeness (QED) is 0.677. The first-order chi connectivity index (χ1) is 9.63.